The van der Waals surface area contributed by atoms with Gasteiger partial charge in [-0.15, -0.1) is 5.10 Å². The molecule has 0 bridgehead atoms. The molecule has 0 atom stereocenters. The minimum atomic E-state index is -4.67. The van der Waals surface area contributed by atoms with E-state index >= 15 is 0 Å². The van der Waals surface area contributed by atoms with Crippen LogP contribution in [0, 0.1) is 0 Å². The molecule has 0 unspecified atom stereocenters. The Hall–Kier alpha value is -3.27. The van der Waals surface area contributed by atoms with E-state index in [9.17, 15) is 22.8 Å². The first-order valence-corrected chi connectivity index (χ1v) is 7.79. The Morgan fingerprint density at radius 2 is 1.89 bits per heavy atom. The molecule has 3 N–H and O–H groups in total. The molecule has 1 aromatic heterocycles. The number of hydrogen-bond donors (Lipinski definition) is 3. The summed E-state index contributed by atoms with van der Waals surface area (Å²) >= 11 is 5.52. The maximum absolute atomic E-state index is 12.8. The maximum atomic E-state index is 12.8. The Morgan fingerprint density at radius 1 is 1.15 bits per heavy atom. The normalized spacial score (nSPS) is 11.3. The fraction of sp³-hybridized carbons (Fsp3) is 0.0625. The molecule has 0 aliphatic rings. The molecule has 7 nitrogen and oxygen atoms in total. The quantitative estimate of drug-likeness (QED) is 0.627. The van der Waals surface area contributed by atoms with Crippen LogP contribution in [0.3, 0.4) is 0 Å². The third-order valence-electron chi connectivity index (χ3n) is 3.48. The maximum Gasteiger partial charge on any atom is 0.417 e. The van der Waals surface area contributed by atoms with Gasteiger partial charge in [-0.25, -0.2) is 14.7 Å². The zero-order valence-electron chi connectivity index (χ0n) is 13.3. The summed E-state index contributed by atoms with van der Waals surface area (Å²) in [6, 6.07) is 8.19. The van der Waals surface area contributed by atoms with E-state index in [1.54, 1.807) is 16.8 Å². The molecule has 2 aromatic carbocycles. The lowest BCUT2D eigenvalue weighted by molar-refractivity contribution is -0.137. The van der Waals surface area contributed by atoms with E-state index in [0.717, 1.165) is 6.07 Å². The number of hydrogen-bond acceptors (Lipinski definition) is 3. The number of aromatic nitrogens is 3. The van der Waals surface area contributed by atoms with E-state index in [4.69, 9.17) is 11.6 Å². The highest BCUT2D eigenvalue weighted by Crippen LogP contribution is 2.36. The van der Waals surface area contributed by atoms with Crippen LogP contribution in [0.5, 0.6) is 0 Å². The zero-order chi connectivity index (χ0) is 19.6. The Balaban J connectivity index is 1.69. The summed E-state index contributed by atoms with van der Waals surface area (Å²) in [4.78, 5) is 24.1. The number of aromatic amines is 1. The number of nitrogens with one attached hydrogen (secondary N) is 3. The molecule has 3 amide bonds. The van der Waals surface area contributed by atoms with Crippen LogP contribution in [0.2, 0.25) is 5.02 Å². The number of alkyl halides is 3. The molecule has 0 saturated carbocycles. The van der Waals surface area contributed by atoms with Crippen molar-refractivity contribution in [2.24, 2.45) is 0 Å². The Kier molecular flexibility index (Phi) is 4.91. The van der Waals surface area contributed by atoms with Crippen molar-refractivity contribution >= 4 is 29.2 Å². The topological polar surface area (TPSA) is 91.8 Å². The van der Waals surface area contributed by atoms with Crippen LogP contribution in [-0.4, -0.2) is 26.9 Å². The second-order valence-electron chi connectivity index (χ2n) is 5.37. The second-order valence-corrected chi connectivity index (χ2v) is 5.77. The largest absolute Gasteiger partial charge is 0.417 e. The highest BCUT2D eigenvalue weighted by molar-refractivity contribution is 6.31. The summed E-state index contributed by atoms with van der Waals surface area (Å²) < 4.78 is 40.1. The van der Waals surface area contributed by atoms with Crippen LogP contribution < -0.4 is 10.6 Å². The lowest BCUT2D eigenvalue weighted by Crippen LogP contribution is -2.34. The molecule has 0 radical (unpaired) electrons. The van der Waals surface area contributed by atoms with Crippen LogP contribution in [0.1, 0.15) is 15.9 Å². The zero-order valence-corrected chi connectivity index (χ0v) is 14.1. The lowest BCUT2D eigenvalue weighted by atomic mass is 10.2. The summed E-state index contributed by atoms with van der Waals surface area (Å²) in [6.07, 6.45) is -3.18. The number of H-pyrrole nitrogens is 1. The monoisotopic (exact) mass is 397 g/mol. The van der Waals surface area contributed by atoms with E-state index in [0.29, 0.717) is 11.8 Å². The van der Waals surface area contributed by atoms with Gasteiger partial charge in [0.25, 0.3) is 5.91 Å². The van der Waals surface area contributed by atoms with Crippen LogP contribution >= 0.6 is 11.6 Å². The van der Waals surface area contributed by atoms with Crippen molar-refractivity contribution in [1.82, 2.24) is 20.3 Å². The van der Waals surface area contributed by atoms with E-state index in [2.05, 4.69) is 15.6 Å². The van der Waals surface area contributed by atoms with Gasteiger partial charge in [0, 0.05) is 11.3 Å². The molecule has 0 aliphatic carbocycles. The summed E-state index contributed by atoms with van der Waals surface area (Å²) in [5.74, 6) is -0.725. The first-order valence-electron chi connectivity index (χ1n) is 7.41. The SMILES string of the molecule is O=C(NC(=O)c1cccc(-n2cn[nH]2)c1)Nc1ccc(Cl)c(C(F)(F)F)c1. The highest BCUT2D eigenvalue weighted by Gasteiger charge is 2.33. The van der Waals surface area contributed by atoms with Gasteiger partial charge in [0.15, 0.2) is 0 Å². The Bertz CT molecular complexity index is 987. The van der Waals surface area contributed by atoms with E-state index in [1.807, 2.05) is 5.32 Å². The van der Waals surface area contributed by atoms with Gasteiger partial charge < -0.3 is 5.32 Å². The van der Waals surface area contributed by atoms with Crippen molar-refractivity contribution in [3.63, 3.8) is 0 Å². The van der Waals surface area contributed by atoms with Gasteiger partial charge >= 0.3 is 12.2 Å². The van der Waals surface area contributed by atoms with Crippen molar-refractivity contribution in [3.05, 3.63) is 64.9 Å². The smallest absolute Gasteiger partial charge is 0.308 e. The van der Waals surface area contributed by atoms with Gasteiger partial charge in [0.05, 0.1) is 16.3 Å². The van der Waals surface area contributed by atoms with Gasteiger partial charge in [0.1, 0.15) is 6.33 Å². The number of imide groups is 1. The van der Waals surface area contributed by atoms with Gasteiger partial charge in [-0.05, 0) is 36.4 Å². The lowest BCUT2D eigenvalue weighted by Gasteiger charge is -2.12. The number of halogens is 4. The van der Waals surface area contributed by atoms with Crippen LogP contribution in [0.4, 0.5) is 23.7 Å². The molecular formula is C16H11ClF3N5O2. The van der Waals surface area contributed by atoms with E-state index in [-0.39, 0.29) is 11.3 Å². The molecule has 3 aromatic rings. The van der Waals surface area contributed by atoms with Gasteiger partial charge in [-0.3, -0.25) is 10.1 Å². The average Bonchev–Trinajstić information content (AvgIpc) is 2.54. The molecule has 140 valence electrons. The van der Waals surface area contributed by atoms with Gasteiger partial charge in [-0.1, -0.05) is 17.7 Å². The predicted octanol–water partition coefficient (Wildman–Crippen LogP) is 3.83. The number of anilines is 1. The molecule has 0 spiro atoms. The second kappa shape index (κ2) is 7.16. The molecule has 27 heavy (non-hydrogen) atoms. The summed E-state index contributed by atoms with van der Waals surface area (Å²) in [5, 5.41) is 10.0. The molecule has 0 aliphatic heterocycles. The Morgan fingerprint density at radius 3 is 2.52 bits per heavy atom. The fourth-order valence-corrected chi connectivity index (χ4v) is 2.42. The van der Waals surface area contributed by atoms with E-state index in [1.165, 1.54) is 24.5 Å². The molecule has 0 saturated heterocycles. The Labute approximate surface area is 155 Å². The van der Waals surface area contributed by atoms with E-state index < -0.39 is 28.7 Å². The molecular weight excluding hydrogens is 387 g/mol. The first kappa shape index (κ1) is 18.5. The number of nitrogens with zero attached hydrogens (tertiary/aromatic N) is 2. The summed E-state index contributed by atoms with van der Waals surface area (Å²) in [7, 11) is 0. The van der Waals surface area contributed by atoms with Crippen molar-refractivity contribution in [2.45, 2.75) is 6.18 Å². The number of amides is 3. The summed E-state index contributed by atoms with van der Waals surface area (Å²) in [6.45, 7) is 0. The average molecular weight is 398 g/mol. The van der Waals surface area contributed by atoms with Crippen molar-refractivity contribution in [2.75, 3.05) is 5.32 Å². The number of benzene rings is 2. The van der Waals surface area contributed by atoms with Crippen LogP contribution in [0.25, 0.3) is 5.69 Å². The number of carbonyl (C=O) groups excluding carboxylic acids is 2. The molecule has 0 fully saturated rings. The summed E-state index contributed by atoms with van der Waals surface area (Å²) in [5.41, 5.74) is -0.459. The van der Waals surface area contributed by atoms with Gasteiger partial charge in [-0.2, -0.15) is 13.2 Å². The van der Waals surface area contributed by atoms with Crippen LogP contribution in [0.15, 0.2) is 48.8 Å². The molecule has 3 rings (SSSR count). The minimum Gasteiger partial charge on any atom is -0.308 e. The van der Waals surface area contributed by atoms with Crippen molar-refractivity contribution < 1.29 is 22.8 Å². The van der Waals surface area contributed by atoms with Crippen molar-refractivity contribution in [1.29, 1.82) is 0 Å². The third kappa shape index (κ3) is 4.29. The van der Waals surface area contributed by atoms with Crippen molar-refractivity contribution in [3.8, 4) is 5.69 Å². The highest BCUT2D eigenvalue weighted by atomic mass is 35.5. The first-order chi connectivity index (χ1) is 12.7. The third-order valence-corrected chi connectivity index (χ3v) is 3.81. The van der Waals surface area contributed by atoms with Gasteiger partial charge in [0.2, 0.25) is 0 Å². The molecule has 1 heterocycles. The standard InChI is InChI=1S/C16H11ClF3N5O2/c17-13-5-4-10(7-12(13)16(18,19)20)22-15(27)23-14(26)9-2-1-3-11(6-9)25-8-21-24-25/h1-8,24H,(H2,22,23,26,27). The number of carbonyl (C=O) groups is 2. The number of rotatable bonds is 3. The van der Waals surface area contributed by atoms with Crippen LogP contribution in [-0.2, 0) is 6.18 Å². The fourth-order valence-electron chi connectivity index (χ4n) is 2.19. The predicted molar refractivity (Wildman–Crippen MR) is 90.9 cm³/mol. The minimum absolute atomic E-state index is 0.160. The molecule has 11 heteroatoms. The number of urea groups is 1.